The average molecular weight is 409 g/mol. The number of nitrogens with zero attached hydrogens (tertiary/aromatic N) is 2. The summed E-state index contributed by atoms with van der Waals surface area (Å²) in [5, 5.41) is 13.7. The Morgan fingerprint density at radius 1 is 0.967 bits per heavy atom. The van der Waals surface area contributed by atoms with Gasteiger partial charge in [-0.25, -0.2) is 4.79 Å². The van der Waals surface area contributed by atoms with Gasteiger partial charge in [0.15, 0.2) is 0 Å². The molecule has 0 aliphatic heterocycles. The van der Waals surface area contributed by atoms with Gasteiger partial charge in [0.25, 0.3) is 5.56 Å². The van der Waals surface area contributed by atoms with E-state index in [1.165, 1.54) is 15.9 Å². The zero-order chi connectivity index (χ0) is 20.7. The highest BCUT2D eigenvalue weighted by atomic mass is 32.1. The molecule has 0 aliphatic rings. The molecule has 1 N–H and O–H groups in total. The molecule has 5 nitrogen and oxygen atoms in total. The minimum Gasteiger partial charge on any atom is -0.298 e. The van der Waals surface area contributed by atoms with Crippen LogP contribution in [0.5, 0.6) is 0 Å². The van der Waals surface area contributed by atoms with Crippen molar-refractivity contribution in [1.82, 2.24) is 9.55 Å². The zero-order valence-corrected chi connectivity index (χ0v) is 16.6. The van der Waals surface area contributed by atoms with E-state index in [0.29, 0.717) is 15.8 Å². The van der Waals surface area contributed by atoms with Crippen LogP contribution >= 0.6 is 11.3 Å². The van der Waals surface area contributed by atoms with Gasteiger partial charge in [0.2, 0.25) is 0 Å². The van der Waals surface area contributed by atoms with Gasteiger partial charge >= 0.3 is 5.69 Å². The second-order valence-corrected chi connectivity index (χ2v) is 7.93. The summed E-state index contributed by atoms with van der Waals surface area (Å²) in [7, 11) is 0. The molecule has 144 valence electrons. The quantitative estimate of drug-likeness (QED) is 0.477. The molecule has 5 rings (SSSR count). The van der Waals surface area contributed by atoms with Crippen molar-refractivity contribution in [3.05, 3.63) is 104 Å². The normalized spacial score (nSPS) is 11.0. The van der Waals surface area contributed by atoms with Crippen molar-refractivity contribution in [1.29, 1.82) is 5.26 Å². The highest BCUT2D eigenvalue weighted by Gasteiger charge is 2.15. The van der Waals surface area contributed by atoms with E-state index in [4.69, 9.17) is 5.26 Å². The van der Waals surface area contributed by atoms with E-state index >= 15 is 0 Å². The summed E-state index contributed by atoms with van der Waals surface area (Å²) in [4.78, 5) is 29.3. The first kappa shape index (κ1) is 18.1. The Hall–Kier alpha value is -3.95. The van der Waals surface area contributed by atoms with Gasteiger partial charge < -0.3 is 0 Å². The Morgan fingerprint density at radius 3 is 2.63 bits per heavy atom. The minimum absolute atomic E-state index is 0.104. The van der Waals surface area contributed by atoms with Crippen molar-refractivity contribution in [2.24, 2.45) is 0 Å². The lowest BCUT2D eigenvalue weighted by Crippen LogP contribution is -2.35. The maximum absolute atomic E-state index is 13.3. The van der Waals surface area contributed by atoms with Gasteiger partial charge in [-0.3, -0.25) is 14.3 Å². The first-order chi connectivity index (χ1) is 14.6. The summed E-state index contributed by atoms with van der Waals surface area (Å²) in [5.41, 5.74) is 2.17. The molecule has 3 aromatic carbocycles. The van der Waals surface area contributed by atoms with Gasteiger partial charge in [-0.05, 0) is 40.1 Å². The van der Waals surface area contributed by atoms with Crippen LogP contribution in [0, 0.1) is 11.3 Å². The third kappa shape index (κ3) is 3.02. The molecule has 2 aromatic heterocycles. The van der Waals surface area contributed by atoms with Crippen LogP contribution < -0.4 is 11.2 Å². The van der Waals surface area contributed by atoms with E-state index in [2.05, 4.69) is 17.1 Å². The lowest BCUT2D eigenvalue weighted by atomic mass is 10.0. The van der Waals surface area contributed by atoms with Crippen molar-refractivity contribution < 1.29 is 0 Å². The fourth-order valence-electron chi connectivity index (χ4n) is 3.69. The maximum Gasteiger partial charge on any atom is 0.329 e. The van der Waals surface area contributed by atoms with Gasteiger partial charge in [0.1, 0.15) is 4.83 Å². The van der Waals surface area contributed by atoms with Gasteiger partial charge in [0.05, 0.1) is 23.6 Å². The largest absolute Gasteiger partial charge is 0.329 e. The predicted molar refractivity (Wildman–Crippen MR) is 120 cm³/mol. The van der Waals surface area contributed by atoms with Crippen LogP contribution in [0.1, 0.15) is 11.1 Å². The maximum atomic E-state index is 13.3. The Kier molecular flexibility index (Phi) is 4.31. The molecule has 0 spiro atoms. The summed E-state index contributed by atoms with van der Waals surface area (Å²) < 4.78 is 1.19. The number of hydrogen-bond donors (Lipinski definition) is 1. The highest BCUT2D eigenvalue weighted by molar-refractivity contribution is 7.17. The molecule has 5 aromatic rings. The molecule has 0 amide bonds. The molecule has 0 fully saturated rings. The average Bonchev–Trinajstić information content (AvgIpc) is 3.20. The van der Waals surface area contributed by atoms with Crippen LogP contribution in [0.3, 0.4) is 0 Å². The first-order valence-electron chi connectivity index (χ1n) is 9.36. The Bertz CT molecular complexity index is 1580. The molecule has 0 atom stereocenters. The number of thiophene rings is 1. The lowest BCUT2D eigenvalue weighted by Gasteiger charge is -2.07. The van der Waals surface area contributed by atoms with E-state index < -0.39 is 5.69 Å². The SMILES string of the molecule is N#Cc1cccc(Cn2c(=O)[nH]c3scc(-c4ccc5ccccc5c4)c3c2=O)c1. The monoisotopic (exact) mass is 409 g/mol. The number of H-pyrrole nitrogens is 1. The predicted octanol–water partition coefficient (Wildman–Crippen LogP) is 4.49. The third-order valence-electron chi connectivity index (χ3n) is 5.17. The number of nitrogens with one attached hydrogen (secondary N) is 1. The number of benzene rings is 3. The summed E-state index contributed by atoms with van der Waals surface area (Å²) in [6.07, 6.45) is 0. The molecule has 0 saturated carbocycles. The second-order valence-electron chi connectivity index (χ2n) is 7.05. The summed E-state index contributed by atoms with van der Waals surface area (Å²) in [6, 6.07) is 23.2. The van der Waals surface area contributed by atoms with Gasteiger partial charge in [0, 0.05) is 10.9 Å². The number of rotatable bonds is 3. The van der Waals surface area contributed by atoms with Crippen LogP contribution in [-0.4, -0.2) is 9.55 Å². The summed E-state index contributed by atoms with van der Waals surface area (Å²) in [6.45, 7) is 0.104. The number of hydrogen-bond acceptors (Lipinski definition) is 4. The Morgan fingerprint density at radius 2 is 1.80 bits per heavy atom. The minimum atomic E-state index is -0.457. The van der Waals surface area contributed by atoms with Crippen molar-refractivity contribution in [3.8, 4) is 17.2 Å². The molecule has 30 heavy (non-hydrogen) atoms. The first-order valence-corrected chi connectivity index (χ1v) is 10.2. The smallest absolute Gasteiger partial charge is 0.298 e. The molecule has 0 unspecified atom stereocenters. The Balaban J connectivity index is 1.68. The van der Waals surface area contributed by atoms with E-state index in [1.54, 1.807) is 24.3 Å². The number of aromatic amines is 1. The van der Waals surface area contributed by atoms with Crippen molar-refractivity contribution in [3.63, 3.8) is 0 Å². The third-order valence-corrected chi connectivity index (χ3v) is 6.07. The van der Waals surface area contributed by atoms with Crippen LogP contribution in [0.15, 0.2) is 81.7 Å². The fourth-order valence-corrected chi connectivity index (χ4v) is 4.64. The molecule has 6 heteroatoms. The van der Waals surface area contributed by atoms with Gasteiger partial charge in [-0.2, -0.15) is 5.26 Å². The number of aromatic nitrogens is 2. The van der Waals surface area contributed by atoms with Gasteiger partial charge in [-0.1, -0.05) is 48.5 Å². The topological polar surface area (TPSA) is 78.7 Å². The molecule has 0 saturated heterocycles. The lowest BCUT2D eigenvalue weighted by molar-refractivity contribution is 0.713. The molecule has 2 heterocycles. The standard InChI is InChI=1S/C24H15N3O2S/c25-12-15-4-3-5-16(10-15)13-27-23(28)21-20(14-30-22(21)26-24(27)29)19-9-8-17-6-1-2-7-18(17)11-19/h1-11,14H,13H2,(H,26,29). The number of fused-ring (bicyclic) bond motifs is 2. The highest BCUT2D eigenvalue weighted by Crippen LogP contribution is 2.32. The van der Waals surface area contributed by atoms with E-state index in [1.807, 2.05) is 41.8 Å². The molecule has 0 bridgehead atoms. The van der Waals surface area contributed by atoms with E-state index in [9.17, 15) is 9.59 Å². The number of nitriles is 1. The molecule has 0 aliphatic carbocycles. The van der Waals surface area contributed by atoms with Crippen molar-refractivity contribution >= 4 is 32.3 Å². The van der Waals surface area contributed by atoms with Crippen molar-refractivity contribution in [2.45, 2.75) is 6.54 Å². The van der Waals surface area contributed by atoms with Crippen LogP contribution in [0.4, 0.5) is 0 Å². The Labute approximate surface area is 175 Å². The van der Waals surface area contributed by atoms with Crippen LogP contribution in [0.25, 0.3) is 32.1 Å². The summed E-state index contributed by atoms with van der Waals surface area (Å²) in [5.74, 6) is 0. The molecular formula is C24H15N3O2S. The second kappa shape index (κ2) is 7.14. The van der Waals surface area contributed by atoms with Crippen molar-refractivity contribution in [2.75, 3.05) is 0 Å². The van der Waals surface area contributed by atoms with Crippen LogP contribution in [-0.2, 0) is 6.54 Å². The van der Waals surface area contributed by atoms with E-state index in [0.717, 1.165) is 27.5 Å². The van der Waals surface area contributed by atoms with E-state index in [-0.39, 0.29) is 12.1 Å². The summed E-state index contributed by atoms with van der Waals surface area (Å²) >= 11 is 1.35. The zero-order valence-electron chi connectivity index (χ0n) is 15.8. The van der Waals surface area contributed by atoms with Crippen LogP contribution in [0.2, 0.25) is 0 Å². The molecule has 0 radical (unpaired) electrons. The fraction of sp³-hybridized carbons (Fsp3) is 0.0417. The molecular weight excluding hydrogens is 394 g/mol. The van der Waals surface area contributed by atoms with Gasteiger partial charge in [-0.15, -0.1) is 11.3 Å².